The van der Waals surface area contributed by atoms with E-state index in [0.717, 1.165) is 16.8 Å². The van der Waals surface area contributed by atoms with Gasteiger partial charge in [0.15, 0.2) is 0 Å². The van der Waals surface area contributed by atoms with Crippen molar-refractivity contribution in [2.45, 2.75) is 20.4 Å². The van der Waals surface area contributed by atoms with Crippen molar-refractivity contribution in [1.29, 1.82) is 0 Å². The summed E-state index contributed by atoms with van der Waals surface area (Å²) < 4.78 is 1.81. The number of nitrogens with zero attached hydrogens (tertiary/aromatic N) is 2. The largest absolute Gasteiger partial charge is 0.326 e. The quantitative estimate of drug-likeness (QED) is 0.834. The second-order valence-electron chi connectivity index (χ2n) is 4.26. The van der Waals surface area contributed by atoms with Crippen molar-refractivity contribution >= 4 is 0 Å². The minimum absolute atomic E-state index is 0.524. The minimum Gasteiger partial charge on any atom is -0.326 e. The summed E-state index contributed by atoms with van der Waals surface area (Å²) in [6, 6.07) is 6.46. The summed E-state index contributed by atoms with van der Waals surface area (Å²) >= 11 is 0. The number of aryl methyl sites for hydroxylation is 3. The smallest absolute Gasteiger partial charge is 0.0968 e. The molecule has 0 fully saturated rings. The summed E-state index contributed by atoms with van der Waals surface area (Å²) in [7, 11) is 1.92. The molecular weight excluding hydrogens is 198 g/mol. The molecule has 0 bridgehead atoms. The topological polar surface area (TPSA) is 43.8 Å². The lowest BCUT2D eigenvalue weighted by atomic mass is 10.0. The van der Waals surface area contributed by atoms with E-state index in [0.29, 0.717) is 6.54 Å². The minimum atomic E-state index is 0.524. The van der Waals surface area contributed by atoms with Crippen LogP contribution in [0, 0.1) is 13.8 Å². The summed E-state index contributed by atoms with van der Waals surface area (Å²) in [6.45, 7) is 4.72. The Morgan fingerprint density at radius 2 is 1.81 bits per heavy atom. The van der Waals surface area contributed by atoms with E-state index in [4.69, 9.17) is 5.73 Å². The third kappa shape index (κ3) is 1.99. The molecule has 16 heavy (non-hydrogen) atoms. The lowest BCUT2D eigenvalue weighted by Gasteiger charge is -2.04. The third-order valence-corrected chi connectivity index (χ3v) is 2.62. The Morgan fingerprint density at radius 1 is 1.19 bits per heavy atom. The average Bonchev–Trinajstić information content (AvgIpc) is 2.58. The molecule has 0 aliphatic rings. The Bertz CT molecular complexity index is 492. The number of rotatable bonds is 2. The van der Waals surface area contributed by atoms with E-state index in [9.17, 15) is 0 Å². The highest BCUT2D eigenvalue weighted by Gasteiger charge is 2.09. The van der Waals surface area contributed by atoms with Gasteiger partial charge in [-0.3, -0.25) is 4.68 Å². The van der Waals surface area contributed by atoms with Gasteiger partial charge in [-0.25, -0.2) is 0 Å². The van der Waals surface area contributed by atoms with Crippen LogP contribution in [0.1, 0.15) is 16.7 Å². The van der Waals surface area contributed by atoms with E-state index in [1.54, 1.807) is 0 Å². The normalized spacial score (nSPS) is 10.8. The Balaban J connectivity index is 2.57. The van der Waals surface area contributed by atoms with E-state index in [-0.39, 0.29) is 0 Å². The SMILES string of the molecule is Cc1cc(C)cc(-c2nn(C)cc2CN)c1. The van der Waals surface area contributed by atoms with E-state index < -0.39 is 0 Å². The molecule has 0 radical (unpaired) electrons. The van der Waals surface area contributed by atoms with Crippen LogP contribution in [-0.4, -0.2) is 9.78 Å². The molecule has 2 rings (SSSR count). The van der Waals surface area contributed by atoms with Crippen molar-refractivity contribution in [2.24, 2.45) is 12.8 Å². The first-order chi connectivity index (χ1) is 7.60. The van der Waals surface area contributed by atoms with Crippen molar-refractivity contribution in [1.82, 2.24) is 9.78 Å². The van der Waals surface area contributed by atoms with Crippen LogP contribution in [0.25, 0.3) is 11.3 Å². The van der Waals surface area contributed by atoms with Crippen LogP contribution in [-0.2, 0) is 13.6 Å². The molecule has 3 nitrogen and oxygen atoms in total. The molecule has 2 aromatic rings. The summed E-state index contributed by atoms with van der Waals surface area (Å²) in [4.78, 5) is 0. The first kappa shape index (κ1) is 10.9. The van der Waals surface area contributed by atoms with Gasteiger partial charge in [-0.15, -0.1) is 0 Å². The molecule has 0 atom stereocenters. The molecule has 0 amide bonds. The summed E-state index contributed by atoms with van der Waals surface area (Å²) in [5.74, 6) is 0. The average molecular weight is 215 g/mol. The van der Waals surface area contributed by atoms with Crippen LogP contribution in [0.4, 0.5) is 0 Å². The fourth-order valence-corrected chi connectivity index (χ4v) is 2.04. The summed E-state index contributed by atoms with van der Waals surface area (Å²) in [5, 5.41) is 4.47. The fourth-order valence-electron chi connectivity index (χ4n) is 2.04. The lowest BCUT2D eigenvalue weighted by molar-refractivity contribution is 0.769. The highest BCUT2D eigenvalue weighted by molar-refractivity contribution is 5.64. The molecule has 3 heteroatoms. The van der Waals surface area contributed by atoms with Crippen LogP contribution < -0.4 is 5.73 Å². The molecule has 84 valence electrons. The van der Waals surface area contributed by atoms with Crippen LogP contribution in [0.2, 0.25) is 0 Å². The molecule has 0 unspecified atom stereocenters. The van der Waals surface area contributed by atoms with Gasteiger partial charge >= 0.3 is 0 Å². The van der Waals surface area contributed by atoms with Gasteiger partial charge in [0.05, 0.1) is 5.69 Å². The Kier molecular flexibility index (Phi) is 2.79. The molecule has 2 N–H and O–H groups in total. The lowest BCUT2D eigenvalue weighted by Crippen LogP contribution is -1.96. The number of hydrogen-bond donors (Lipinski definition) is 1. The first-order valence-corrected chi connectivity index (χ1v) is 5.41. The predicted molar refractivity (Wildman–Crippen MR) is 66.0 cm³/mol. The molecular formula is C13H17N3. The number of aromatic nitrogens is 2. The van der Waals surface area contributed by atoms with Crippen molar-refractivity contribution < 1.29 is 0 Å². The molecule has 0 spiro atoms. The van der Waals surface area contributed by atoms with E-state index in [1.165, 1.54) is 11.1 Å². The van der Waals surface area contributed by atoms with Crippen molar-refractivity contribution in [3.8, 4) is 11.3 Å². The van der Waals surface area contributed by atoms with Gasteiger partial charge in [0, 0.05) is 30.9 Å². The van der Waals surface area contributed by atoms with E-state index >= 15 is 0 Å². The highest BCUT2D eigenvalue weighted by atomic mass is 15.3. The van der Waals surface area contributed by atoms with Crippen LogP contribution >= 0.6 is 0 Å². The van der Waals surface area contributed by atoms with E-state index in [1.807, 2.05) is 17.9 Å². The molecule has 0 aliphatic heterocycles. The van der Waals surface area contributed by atoms with Crippen LogP contribution in [0.3, 0.4) is 0 Å². The Hall–Kier alpha value is -1.61. The number of benzene rings is 1. The first-order valence-electron chi connectivity index (χ1n) is 5.41. The second-order valence-corrected chi connectivity index (χ2v) is 4.26. The monoisotopic (exact) mass is 215 g/mol. The van der Waals surface area contributed by atoms with Gasteiger partial charge in [0.2, 0.25) is 0 Å². The van der Waals surface area contributed by atoms with Gasteiger partial charge in [-0.2, -0.15) is 5.10 Å². The maximum atomic E-state index is 5.72. The Labute approximate surface area is 95.9 Å². The molecule has 1 aromatic heterocycles. The predicted octanol–water partition coefficient (Wildman–Crippen LogP) is 2.16. The van der Waals surface area contributed by atoms with Crippen molar-refractivity contribution in [3.63, 3.8) is 0 Å². The maximum Gasteiger partial charge on any atom is 0.0968 e. The standard InChI is InChI=1S/C13H17N3/c1-9-4-10(2)6-11(5-9)13-12(7-14)8-16(3)15-13/h4-6,8H,7,14H2,1-3H3. The zero-order chi connectivity index (χ0) is 11.7. The van der Waals surface area contributed by atoms with Gasteiger partial charge in [0.1, 0.15) is 0 Å². The molecule has 1 heterocycles. The van der Waals surface area contributed by atoms with Gasteiger partial charge in [-0.1, -0.05) is 17.2 Å². The molecule has 0 aliphatic carbocycles. The fraction of sp³-hybridized carbons (Fsp3) is 0.308. The maximum absolute atomic E-state index is 5.72. The van der Waals surface area contributed by atoms with Crippen molar-refractivity contribution in [3.05, 3.63) is 41.1 Å². The van der Waals surface area contributed by atoms with Crippen LogP contribution in [0.15, 0.2) is 24.4 Å². The Morgan fingerprint density at radius 3 is 2.38 bits per heavy atom. The summed E-state index contributed by atoms with van der Waals surface area (Å²) in [5.41, 5.74) is 11.5. The zero-order valence-corrected chi connectivity index (χ0v) is 9.99. The second kappa shape index (κ2) is 4.10. The number of hydrogen-bond acceptors (Lipinski definition) is 2. The van der Waals surface area contributed by atoms with Gasteiger partial charge in [-0.05, 0) is 26.0 Å². The highest BCUT2D eigenvalue weighted by Crippen LogP contribution is 2.23. The molecule has 0 saturated carbocycles. The van der Waals surface area contributed by atoms with E-state index in [2.05, 4.69) is 37.1 Å². The van der Waals surface area contributed by atoms with Crippen LogP contribution in [0.5, 0.6) is 0 Å². The van der Waals surface area contributed by atoms with Gasteiger partial charge < -0.3 is 5.73 Å². The van der Waals surface area contributed by atoms with Crippen molar-refractivity contribution in [2.75, 3.05) is 0 Å². The van der Waals surface area contributed by atoms with Gasteiger partial charge in [0.25, 0.3) is 0 Å². The molecule has 1 aromatic carbocycles. The molecule has 0 saturated heterocycles. The number of nitrogens with two attached hydrogens (primary N) is 1. The summed E-state index contributed by atoms with van der Waals surface area (Å²) in [6.07, 6.45) is 1.98. The third-order valence-electron chi connectivity index (χ3n) is 2.62. The zero-order valence-electron chi connectivity index (χ0n) is 9.99.